The van der Waals surface area contributed by atoms with Gasteiger partial charge in [-0.25, -0.2) is 4.79 Å². The SMILES string of the molecule is CCOC(=O)N1CCN(C(c2ccccn2)c2ccc3cnccc3c2O)CC1. The number of fused-ring (bicyclic) bond motifs is 1. The number of ether oxygens (including phenoxy) is 1. The van der Waals surface area contributed by atoms with Crippen LogP contribution in [0.4, 0.5) is 4.79 Å². The maximum atomic E-state index is 12.0. The third-order valence-electron chi connectivity index (χ3n) is 5.29. The second kappa shape index (κ2) is 8.45. The van der Waals surface area contributed by atoms with E-state index in [1.165, 1.54) is 0 Å². The zero-order valence-electron chi connectivity index (χ0n) is 16.4. The van der Waals surface area contributed by atoms with E-state index in [2.05, 4.69) is 14.9 Å². The minimum atomic E-state index is -0.275. The van der Waals surface area contributed by atoms with Crippen LogP contribution in [0.15, 0.2) is 55.0 Å². The normalized spacial score (nSPS) is 16.0. The van der Waals surface area contributed by atoms with Crippen LogP contribution in [0.3, 0.4) is 0 Å². The molecule has 3 aromatic rings. The summed E-state index contributed by atoms with van der Waals surface area (Å²) in [6, 6.07) is 11.3. The van der Waals surface area contributed by atoms with Gasteiger partial charge in [0.1, 0.15) is 5.75 Å². The van der Waals surface area contributed by atoms with E-state index in [-0.39, 0.29) is 17.9 Å². The van der Waals surface area contributed by atoms with Crippen LogP contribution in [0, 0.1) is 0 Å². The first-order valence-corrected chi connectivity index (χ1v) is 9.81. The summed E-state index contributed by atoms with van der Waals surface area (Å²) in [5.41, 5.74) is 1.66. The minimum Gasteiger partial charge on any atom is -0.507 e. The molecule has 0 radical (unpaired) electrons. The van der Waals surface area contributed by atoms with Crippen LogP contribution < -0.4 is 0 Å². The fraction of sp³-hybridized carbons (Fsp3) is 0.318. The van der Waals surface area contributed by atoms with Crippen molar-refractivity contribution in [1.82, 2.24) is 19.8 Å². The second-order valence-electron chi connectivity index (χ2n) is 6.98. The number of piperazine rings is 1. The Balaban J connectivity index is 1.68. The molecule has 2 aromatic heterocycles. The van der Waals surface area contributed by atoms with Crippen LogP contribution in [-0.2, 0) is 4.74 Å². The lowest BCUT2D eigenvalue weighted by Crippen LogP contribution is -2.50. The Kier molecular flexibility index (Phi) is 5.57. The van der Waals surface area contributed by atoms with Gasteiger partial charge in [-0.15, -0.1) is 0 Å². The fourth-order valence-corrected chi connectivity index (χ4v) is 3.85. The van der Waals surface area contributed by atoms with Crippen LogP contribution in [0.5, 0.6) is 5.75 Å². The predicted molar refractivity (Wildman–Crippen MR) is 110 cm³/mol. The molecule has 1 N–H and O–H groups in total. The van der Waals surface area contributed by atoms with Gasteiger partial charge in [0.15, 0.2) is 0 Å². The number of aromatic hydroxyl groups is 1. The summed E-state index contributed by atoms with van der Waals surface area (Å²) in [6.07, 6.45) is 4.91. The number of carbonyl (C=O) groups excluding carboxylic acids is 1. The third kappa shape index (κ3) is 3.86. The molecule has 0 spiro atoms. The molecule has 1 aromatic carbocycles. The Morgan fingerprint density at radius 3 is 2.69 bits per heavy atom. The molecule has 0 saturated carbocycles. The first-order chi connectivity index (χ1) is 14.2. The first kappa shape index (κ1) is 19.1. The number of phenols is 1. The maximum Gasteiger partial charge on any atom is 0.409 e. The van der Waals surface area contributed by atoms with Gasteiger partial charge in [0.2, 0.25) is 0 Å². The van der Waals surface area contributed by atoms with Crippen molar-refractivity contribution < 1.29 is 14.6 Å². The van der Waals surface area contributed by atoms with Crippen molar-refractivity contribution in [2.24, 2.45) is 0 Å². The summed E-state index contributed by atoms with van der Waals surface area (Å²) in [4.78, 5) is 24.7. The van der Waals surface area contributed by atoms with Crippen molar-refractivity contribution in [1.29, 1.82) is 0 Å². The monoisotopic (exact) mass is 392 g/mol. The molecule has 150 valence electrons. The molecule has 3 heterocycles. The first-order valence-electron chi connectivity index (χ1n) is 9.81. The number of aromatic nitrogens is 2. The molecule has 7 nitrogen and oxygen atoms in total. The molecular weight excluding hydrogens is 368 g/mol. The molecule has 1 unspecified atom stereocenters. The zero-order chi connectivity index (χ0) is 20.2. The summed E-state index contributed by atoms with van der Waals surface area (Å²) < 4.78 is 5.12. The van der Waals surface area contributed by atoms with Gasteiger partial charge in [-0.2, -0.15) is 0 Å². The van der Waals surface area contributed by atoms with E-state index in [1.807, 2.05) is 43.3 Å². The number of carbonyl (C=O) groups is 1. The molecule has 7 heteroatoms. The Labute approximate surface area is 169 Å². The molecular formula is C22H24N4O3. The highest BCUT2D eigenvalue weighted by atomic mass is 16.6. The highest BCUT2D eigenvalue weighted by Gasteiger charge is 2.31. The number of amides is 1. The highest BCUT2D eigenvalue weighted by molar-refractivity contribution is 5.88. The quantitative estimate of drug-likeness (QED) is 0.735. The minimum absolute atomic E-state index is 0.210. The van der Waals surface area contributed by atoms with Gasteiger partial charge in [-0.3, -0.25) is 14.9 Å². The lowest BCUT2D eigenvalue weighted by atomic mass is 9.96. The van der Waals surface area contributed by atoms with Gasteiger partial charge < -0.3 is 14.7 Å². The molecule has 1 saturated heterocycles. The van der Waals surface area contributed by atoms with Gasteiger partial charge in [0.25, 0.3) is 0 Å². The average molecular weight is 392 g/mol. The summed E-state index contributed by atoms with van der Waals surface area (Å²) in [6.45, 7) is 4.64. The van der Waals surface area contributed by atoms with Gasteiger partial charge in [-0.05, 0) is 25.1 Å². The van der Waals surface area contributed by atoms with E-state index >= 15 is 0 Å². The highest BCUT2D eigenvalue weighted by Crippen LogP contribution is 2.38. The van der Waals surface area contributed by atoms with Crippen LogP contribution in [0.1, 0.15) is 24.2 Å². The van der Waals surface area contributed by atoms with Gasteiger partial charge in [0.05, 0.1) is 18.3 Å². The lowest BCUT2D eigenvalue weighted by molar-refractivity contribution is 0.0707. The average Bonchev–Trinajstić information content (AvgIpc) is 2.77. The number of hydrogen-bond acceptors (Lipinski definition) is 6. The third-order valence-corrected chi connectivity index (χ3v) is 5.29. The predicted octanol–water partition coefficient (Wildman–Crippen LogP) is 3.20. The van der Waals surface area contributed by atoms with Crippen molar-refractivity contribution in [3.8, 4) is 5.75 Å². The fourth-order valence-electron chi connectivity index (χ4n) is 3.85. The van der Waals surface area contributed by atoms with E-state index in [4.69, 9.17) is 4.74 Å². The number of benzene rings is 1. The number of rotatable bonds is 4. The van der Waals surface area contributed by atoms with Crippen molar-refractivity contribution in [2.45, 2.75) is 13.0 Å². The molecule has 1 atom stereocenters. The number of phenolic OH excluding ortho intramolecular Hbond substituents is 1. The Hall–Kier alpha value is -3.19. The standard InChI is InChI=1S/C22H24N4O3/c1-2-29-22(28)26-13-11-25(12-14-26)20(19-5-3-4-9-24-19)18-7-6-16-15-23-10-8-17(16)21(18)27/h3-10,15,20,27H,2,11-14H2,1H3. The molecule has 4 rings (SSSR count). The van der Waals surface area contributed by atoms with E-state index in [0.29, 0.717) is 32.8 Å². The molecule has 1 amide bonds. The zero-order valence-corrected chi connectivity index (χ0v) is 16.4. The summed E-state index contributed by atoms with van der Waals surface area (Å²) in [7, 11) is 0. The maximum absolute atomic E-state index is 12.0. The second-order valence-corrected chi connectivity index (χ2v) is 6.98. The Bertz CT molecular complexity index is 988. The summed E-state index contributed by atoms with van der Waals surface area (Å²) in [5.74, 6) is 0.244. The number of hydrogen-bond donors (Lipinski definition) is 1. The number of nitrogens with zero attached hydrogens (tertiary/aromatic N) is 4. The number of pyridine rings is 2. The largest absolute Gasteiger partial charge is 0.507 e. The molecule has 1 fully saturated rings. The topological polar surface area (TPSA) is 78.8 Å². The smallest absolute Gasteiger partial charge is 0.409 e. The van der Waals surface area contributed by atoms with Crippen molar-refractivity contribution in [3.63, 3.8) is 0 Å². The molecule has 0 bridgehead atoms. The molecule has 29 heavy (non-hydrogen) atoms. The van der Waals surface area contributed by atoms with Crippen molar-refractivity contribution in [3.05, 3.63) is 66.2 Å². The van der Waals surface area contributed by atoms with Crippen LogP contribution in [-0.4, -0.2) is 63.8 Å². The molecule has 1 aliphatic heterocycles. The summed E-state index contributed by atoms with van der Waals surface area (Å²) in [5, 5.41) is 12.7. The van der Waals surface area contributed by atoms with Crippen LogP contribution in [0.2, 0.25) is 0 Å². The summed E-state index contributed by atoms with van der Waals surface area (Å²) >= 11 is 0. The molecule has 0 aliphatic carbocycles. The van der Waals surface area contributed by atoms with E-state index in [0.717, 1.165) is 22.0 Å². The van der Waals surface area contributed by atoms with Gasteiger partial charge in [-0.1, -0.05) is 18.2 Å². The van der Waals surface area contributed by atoms with E-state index < -0.39 is 0 Å². The van der Waals surface area contributed by atoms with Gasteiger partial charge >= 0.3 is 6.09 Å². The van der Waals surface area contributed by atoms with E-state index in [9.17, 15) is 9.90 Å². The van der Waals surface area contributed by atoms with Crippen LogP contribution in [0.25, 0.3) is 10.8 Å². The van der Waals surface area contributed by atoms with Crippen LogP contribution >= 0.6 is 0 Å². The van der Waals surface area contributed by atoms with E-state index in [1.54, 1.807) is 23.5 Å². The van der Waals surface area contributed by atoms with Crippen molar-refractivity contribution >= 4 is 16.9 Å². The Morgan fingerprint density at radius 2 is 1.97 bits per heavy atom. The lowest BCUT2D eigenvalue weighted by Gasteiger charge is -2.39. The van der Waals surface area contributed by atoms with Crippen molar-refractivity contribution in [2.75, 3.05) is 32.8 Å². The van der Waals surface area contributed by atoms with Gasteiger partial charge in [0, 0.05) is 61.1 Å². The Morgan fingerprint density at radius 1 is 1.14 bits per heavy atom. The molecule has 1 aliphatic rings.